The van der Waals surface area contributed by atoms with Gasteiger partial charge in [-0.15, -0.1) is 0 Å². The number of amides is 1. The lowest BCUT2D eigenvalue weighted by molar-refractivity contribution is -0.144. The zero-order valence-electron chi connectivity index (χ0n) is 24.1. The first kappa shape index (κ1) is 29.7. The maximum atomic E-state index is 13.7. The average Bonchev–Trinajstić information content (AvgIpc) is 3.68. The number of hydrogen-bond donors (Lipinski definition) is 1. The topological polar surface area (TPSA) is 110 Å². The molecule has 3 heterocycles. The van der Waals surface area contributed by atoms with E-state index in [1.807, 2.05) is 48.1 Å². The molecular formula is C29H43N5O6. The standard InChI is InChI=1S/C29H43N5O6/c1-5-6-12-32(13-8-11-31(2)3)26(35)19-33-18-22(21-16-24(38-4)28-25(17-21)39-20-40-28)27(29(36)37)23(33)9-15-34-14-7-10-30-34/h7,10,14,16-17,22-23,27H,5-6,8-9,11-13,15,18-20H2,1-4H3,(H,36,37)/t22-,23+,27?/m1/s1. The summed E-state index contributed by atoms with van der Waals surface area (Å²) >= 11 is 0. The second-order valence-electron chi connectivity index (χ2n) is 10.9. The van der Waals surface area contributed by atoms with E-state index in [1.54, 1.807) is 13.3 Å². The van der Waals surface area contributed by atoms with Crippen LogP contribution >= 0.6 is 0 Å². The molecule has 0 saturated carbocycles. The highest BCUT2D eigenvalue weighted by Crippen LogP contribution is 2.47. The van der Waals surface area contributed by atoms with Gasteiger partial charge in [-0.2, -0.15) is 5.10 Å². The fourth-order valence-electron chi connectivity index (χ4n) is 5.81. The van der Waals surface area contributed by atoms with E-state index in [1.165, 1.54) is 0 Å². The van der Waals surface area contributed by atoms with E-state index in [9.17, 15) is 14.7 Å². The fraction of sp³-hybridized carbons (Fsp3) is 0.621. The molecule has 1 fully saturated rings. The second kappa shape index (κ2) is 13.8. The van der Waals surface area contributed by atoms with E-state index in [2.05, 4.69) is 21.8 Å². The number of aliphatic carboxylic acids is 1. The van der Waals surface area contributed by atoms with E-state index < -0.39 is 11.9 Å². The van der Waals surface area contributed by atoms with Crippen molar-refractivity contribution in [2.75, 3.05) is 60.7 Å². The Hall–Kier alpha value is -3.31. The van der Waals surface area contributed by atoms with Crippen molar-refractivity contribution in [1.29, 1.82) is 0 Å². The average molecular weight is 558 g/mol. The van der Waals surface area contributed by atoms with Crippen molar-refractivity contribution in [1.82, 2.24) is 24.5 Å². The van der Waals surface area contributed by atoms with Crippen LogP contribution in [0.4, 0.5) is 0 Å². The molecule has 40 heavy (non-hydrogen) atoms. The minimum Gasteiger partial charge on any atom is -0.493 e. The number of rotatable bonds is 15. The maximum Gasteiger partial charge on any atom is 0.308 e. The molecule has 0 spiro atoms. The van der Waals surface area contributed by atoms with Crippen molar-refractivity contribution in [2.45, 2.75) is 51.1 Å². The molecule has 2 aromatic rings. The summed E-state index contributed by atoms with van der Waals surface area (Å²) in [5, 5.41) is 14.8. The van der Waals surface area contributed by atoms with Crippen LogP contribution in [0.5, 0.6) is 17.2 Å². The monoisotopic (exact) mass is 557 g/mol. The van der Waals surface area contributed by atoms with Crippen molar-refractivity contribution >= 4 is 11.9 Å². The van der Waals surface area contributed by atoms with Gasteiger partial charge in [0.15, 0.2) is 11.5 Å². The molecule has 11 nitrogen and oxygen atoms in total. The molecule has 1 unspecified atom stereocenters. The lowest BCUT2D eigenvalue weighted by atomic mass is 9.84. The molecule has 0 radical (unpaired) electrons. The summed E-state index contributed by atoms with van der Waals surface area (Å²) < 4.78 is 18.6. The number of likely N-dealkylation sites (tertiary alicyclic amines) is 1. The summed E-state index contributed by atoms with van der Waals surface area (Å²) in [5.74, 6) is -0.306. The number of ether oxygens (including phenoxy) is 3. The summed E-state index contributed by atoms with van der Waals surface area (Å²) in [7, 11) is 5.62. The third kappa shape index (κ3) is 7.06. The highest BCUT2D eigenvalue weighted by molar-refractivity contribution is 5.79. The molecule has 220 valence electrons. The number of fused-ring (bicyclic) bond motifs is 1. The first-order valence-electron chi connectivity index (χ1n) is 14.2. The molecule has 11 heteroatoms. The van der Waals surface area contributed by atoms with Crippen molar-refractivity contribution in [2.24, 2.45) is 5.92 Å². The predicted octanol–water partition coefficient (Wildman–Crippen LogP) is 2.76. The van der Waals surface area contributed by atoms with Crippen LogP contribution in [-0.4, -0.2) is 108 Å². The van der Waals surface area contributed by atoms with Crippen LogP contribution in [0, 0.1) is 5.92 Å². The fourth-order valence-corrected chi connectivity index (χ4v) is 5.81. The highest BCUT2D eigenvalue weighted by atomic mass is 16.7. The number of carboxylic acids is 1. The molecule has 1 saturated heterocycles. The van der Waals surface area contributed by atoms with Gasteiger partial charge in [-0.3, -0.25) is 19.2 Å². The molecule has 1 N–H and O–H groups in total. The van der Waals surface area contributed by atoms with Crippen molar-refractivity contribution < 1.29 is 28.9 Å². The van der Waals surface area contributed by atoms with Gasteiger partial charge in [0.1, 0.15) is 0 Å². The van der Waals surface area contributed by atoms with E-state index in [0.29, 0.717) is 49.8 Å². The molecule has 2 aliphatic rings. The largest absolute Gasteiger partial charge is 0.493 e. The third-order valence-electron chi connectivity index (χ3n) is 7.86. The number of aromatic nitrogens is 2. The lowest BCUT2D eigenvalue weighted by Crippen LogP contribution is -2.45. The van der Waals surface area contributed by atoms with E-state index in [4.69, 9.17) is 14.2 Å². The smallest absolute Gasteiger partial charge is 0.308 e. The molecule has 1 aromatic carbocycles. The van der Waals surface area contributed by atoms with Gasteiger partial charge in [0.05, 0.1) is 19.6 Å². The van der Waals surface area contributed by atoms with Crippen molar-refractivity contribution in [3.05, 3.63) is 36.2 Å². The molecule has 1 amide bonds. The van der Waals surface area contributed by atoms with Crippen LogP contribution in [0.2, 0.25) is 0 Å². The summed E-state index contributed by atoms with van der Waals surface area (Å²) in [6.07, 6.45) is 6.97. The van der Waals surface area contributed by atoms with Gasteiger partial charge in [-0.25, -0.2) is 0 Å². The highest BCUT2D eigenvalue weighted by Gasteiger charge is 2.47. The number of carboxylic acid groups (broad SMARTS) is 1. The molecule has 2 aliphatic heterocycles. The van der Waals surface area contributed by atoms with Gasteiger partial charge < -0.3 is 29.1 Å². The Morgan fingerprint density at radius 3 is 2.65 bits per heavy atom. The van der Waals surface area contributed by atoms with Crippen molar-refractivity contribution in [3.63, 3.8) is 0 Å². The second-order valence-corrected chi connectivity index (χ2v) is 10.9. The quantitative estimate of drug-likeness (QED) is 0.354. The summed E-state index contributed by atoms with van der Waals surface area (Å²) in [6, 6.07) is 5.21. The normalized spacial score (nSPS) is 20.3. The number of unbranched alkanes of at least 4 members (excludes halogenated alkanes) is 1. The number of benzene rings is 1. The van der Waals surface area contributed by atoms with Crippen molar-refractivity contribution in [3.8, 4) is 17.2 Å². The zero-order chi connectivity index (χ0) is 28.6. The number of methoxy groups -OCH3 is 1. The summed E-state index contributed by atoms with van der Waals surface area (Å²) in [6.45, 7) is 5.69. The Balaban J connectivity index is 1.60. The van der Waals surface area contributed by atoms with Gasteiger partial charge in [0.25, 0.3) is 0 Å². The zero-order valence-corrected chi connectivity index (χ0v) is 24.1. The Morgan fingerprint density at radius 2 is 1.98 bits per heavy atom. The summed E-state index contributed by atoms with van der Waals surface area (Å²) in [4.78, 5) is 32.6. The van der Waals surface area contributed by atoms with Gasteiger partial charge in [0, 0.05) is 50.5 Å². The number of carbonyl (C=O) groups excluding carboxylic acids is 1. The molecule has 3 atom stereocenters. The van der Waals surface area contributed by atoms with Crippen LogP contribution in [0.15, 0.2) is 30.6 Å². The number of carbonyl (C=O) groups is 2. The molecule has 0 aliphatic carbocycles. The van der Waals surface area contributed by atoms with E-state index >= 15 is 0 Å². The minimum absolute atomic E-state index is 0.0457. The number of aryl methyl sites for hydroxylation is 1. The van der Waals surface area contributed by atoms with E-state index in [0.717, 1.165) is 31.4 Å². The Morgan fingerprint density at radius 1 is 1.18 bits per heavy atom. The van der Waals surface area contributed by atoms with Crippen LogP contribution in [0.1, 0.15) is 44.1 Å². The maximum absolute atomic E-state index is 13.7. The van der Waals surface area contributed by atoms with Gasteiger partial charge in [0.2, 0.25) is 18.4 Å². The SMILES string of the molecule is CCCCN(CCCN(C)C)C(=O)CN1C[C@H](c2cc(OC)c3c(c2)OCO3)C(C(=O)O)[C@@H]1CCn1cccn1. The number of nitrogens with zero attached hydrogens (tertiary/aromatic N) is 5. The van der Waals surface area contributed by atoms with Crippen LogP contribution in [0.25, 0.3) is 0 Å². The Kier molecular flexibility index (Phi) is 10.3. The van der Waals surface area contributed by atoms with Crippen LogP contribution < -0.4 is 14.2 Å². The Bertz CT molecular complexity index is 1120. The lowest BCUT2D eigenvalue weighted by Gasteiger charge is -2.30. The van der Waals surface area contributed by atoms with Gasteiger partial charge in [-0.1, -0.05) is 13.3 Å². The minimum atomic E-state index is -0.879. The first-order valence-corrected chi connectivity index (χ1v) is 14.2. The first-order chi connectivity index (χ1) is 19.3. The molecule has 0 bridgehead atoms. The molecule has 1 aromatic heterocycles. The van der Waals surface area contributed by atoms with Crippen LogP contribution in [-0.2, 0) is 16.1 Å². The Labute approximate surface area is 236 Å². The van der Waals surface area contributed by atoms with Crippen LogP contribution in [0.3, 0.4) is 0 Å². The van der Waals surface area contributed by atoms with Gasteiger partial charge >= 0.3 is 5.97 Å². The third-order valence-corrected chi connectivity index (χ3v) is 7.86. The molecule has 4 rings (SSSR count). The predicted molar refractivity (Wildman–Crippen MR) is 150 cm³/mol. The number of hydrogen-bond acceptors (Lipinski definition) is 8. The molecular weight excluding hydrogens is 514 g/mol. The van der Waals surface area contributed by atoms with Gasteiger partial charge in [-0.05, 0) is 63.7 Å². The summed E-state index contributed by atoms with van der Waals surface area (Å²) in [5.41, 5.74) is 0.807. The van der Waals surface area contributed by atoms with E-state index in [-0.39, 0.29) is 31.2 Å².